The molecule has 0 bridgehead atoms. The topological polar surface area (TPSA) is 12.5 Å². The largest absolute Gasteiger partial charge is 0.378 e. The zero-order valence-corrected chi connectivity index (χ0v) is 11.0. The van der Waals surface area contributed by atoms with E-state index in [9.17, 15) is 4.39 Å². The Morgan fingerprint density at radius 3 is 2.38 bits per heavy atom. The van der Waals surface area contributed by atoms with Crippen molar-refractivity contribution in [2.45, 2.75) is 11.7 Å². The fourth-order valence-electron chi connectivity index (χ4n) is 2.22. The molecule has 16 heavy (non-hydrogen) atoms. The summed E-state index contributed by atoms with van der Waals surface area (Å²) in [5.74, 6) is 0. The van der Waals surface area contributed by atoms with Crippen molar-refractivity contribution in [3.8, 4) is 0 Å². The van der Waals surface area contributed by atoms with Gasteiger partial charge in [-0.3, -0.25) is 4.90 Å². The van der Waals surface area contributed by atoms with Crippen molar-refractivity contribution in [2.24, 2.45) is 0 Å². The van der Waals surface area contributed by atoms with Gasteiger partial charge in [0.2, 0.25) is 0 Å². The van der Waals surface area contributed by atoms with E-state index in [4.69, 9.17) is 4.74 Å². The predicted octanol–water partition coefficient (Wildman–Crippen LogP) is 2.17. The first-order valence-corrected chi connectivity index (χ1v) is 6.52. The number of nitrogens with zero attached hydrogens (tertiary/aromatic N) is 1. The van der Waals surface area contributed by atoms with Gasteiger partial charge in [0.25, 0.3) is 0 Å². The number of halogens is 2. The predicted molar refractivity (Wildman–Crippen MR) is 68.1 cm³/mol. The van der Waals surface area contributed by atoms with Crippen LogP contribution in [0.25, 0.3) is 0 Å². The second-order valence-electron chi connectivity index (χ2n) is 4.57. The standard InChI is InChI=1S/C12H13FINO/c13-12(9-1-3-10(14)4-2-9)7-15(8-12)11-5-16-6-11/h1-4,11H,5-8H2. The van der Waals surface area contributed by atoms with Crippen LogP contribution in [0.4, 0.5) is 4.39 Å². The molecule has 0 N–H and O–H groups in total. The summed E-state index contributed by atoms with van der Waals surface area (Å²) in [5, 5.41) is 0. The van der Waals surface area contributed by atoms with Crippen molar-refractivity contribution in [1.29, 1.82) is 0 Å². The molecular formula is C12H13FINO. The molecule has 2 aliphatic rings. The van der Waals surface area contributed by atoms with Gasteiger partial charge in [-0.05, 0) is 40.3 Å². The molecule has 3 rings (SSSR count). The summed E-state index contributed by atoms with van der Waals surface area (Å²) in [6.07, 6.45) is 0. The molecule has 0 atom stereocenters. The van der Waals surface area contributed by atoms with Crippen molar-refractivity contribution >= 4 is 22.6 Å². The molecular weight excluding hydrogens is 320 g/mol. The van der Waals surface area contributed by atoms with E-state index in [-0.39, 0.29) is 0 Å². The monoisotopic (exact) mass is 333 g/mol. The maximum Gasteiger partial charge on any atom is 0.161 e. The van der Waals surface area contributed by atoms with Gasteiger partial charge in [0.1, 0.15) is 0 Å². The minimum Gasteiger partial charge on any atom is -0.378 e. The highest BCUT2D eigenvalue weighted by atomic mass is 127. The zero-order valence-electron chi connectivity index (χ0n) is 8.83. The molecule has 2 saturated heterocycles. The lowest BCUT2D eigenvalue weighted by molar-refractivity contribution is -0.141. The Bertz CT molecular complexity index is 385. The lowest BCUT2D eigenvalue weighted by Crippen LogP contribution is -2.64. The number of likely N-dealkylation sites (tertiary alicyclic amines) is 1. The van der Waals surface area contributed by atoms with Crippen LogP contribution in [0.5, 0.6) is 0 Å². The molecule has 0 spiro atoms. The molecule has 0 amide bonds. The summed E-state index contributed by atoms with van der Waals surface area (Å²) in [4.78, 5) is 2.17. The highest BCUT2D eigenvalue weighted by Gasteiger charge is 2.48. The number of ether oxygens (including phenoxy) is 1. The SMILES string of the molecule is FC1(c2ccc(I)cc2)CN(C2COC2)C1. The summed E-state index contributed by atoms with van der Waals surface area (Å²) in [7, 11) is 0. The maximum absolute atomic E-state index is 14.5. The Balaban J connectivity index is 1.69. The average Bonchev–Trinajstić information content (AvgIpc) is 2.13. The van der Waals surface area contributed by atoms with Crippen LogP contribution in [0.1, 0.15) is 5.56 Å². The van der Waals surface area contributed by atoms with Gasteiger partial charge in [-0.1, -0.05) is 12.1 Å². The molecule has 0 radical (unpaired) electrons. The van der Waals surface area contributed by atoms with E-state index in [1.165, 1.54) is 0 Å². The lowest BCUT2D eigenvalue weighted by Gasteiger charge is -2.50. The van der Waals surface area contributed by atoms with E-state index in [1.807, 2.05) is 24.3 Å². The van der Waals surface area contributed by atoms with Crippen molar-refractivity contribution < 1.29 is 9.13 Å². The first-order valence-electron chi connectivity index (χ1n) is 5.44. The van der Waals surface area contributed by atoms with E-state index >= 15 is 0 Å². The summed E-state index contributed by atoms with van der Waals surface area (Å²) < 4.78 is 20.7. The van der Waals surface area contributed by atoms with E-state index in [1.54, 1.807) is 0 Å². The van der Waals surface area contributed by atoms with Gasteiger partial charge >= 0.3 is 0 Å². The minimum atomic E-state index is -1.14. The number of rotatable bonds is 2. The number of benzene rings is 1. The third-order valence-corrected chi connectivity index (χ3v) is 4.13. The molecule has 2 fully saturated rings. The fourth-order valence-corrected chi connectivity index (χ4v) is 2.58. The molecule has 86 valence electrons. The molecule has 1 aromatic rings. The Morgan fingerprint density at radius 2 is 1.88 bits per heavy atom. The highest BCUT2D eigenvalue weighted by Crippen LogP contribution is 2.38. The minimum absolute atomic E-state index is 0.452. The summed E-state index contributed by atoms with van der Waals surface area (Å²) in [6.45, 7) is 2.56. The first-order chi connectivity index (χ1) is 7.67. The van der Waals surface area contributed by atoms with E-state index in [2.05, 4.69) is 27.5 Å². The quantitative estimate of drug-likeness (QED) is 0.770. The molecule has 0 aliphatic carbocycles. The molecule has 2 aliphatic heterocycles. The van der Waals surface area contributed by atoms with Crippen LogP contribution in [0.2, 0.25) is 0 Å². The normalized spacial score (nSPS) is 24.9. The first kappa shape index (κ1) is 10.9. The van der Waals surface area contributed by atoms with Gasteiger partial charge in [-0.25, -0.2) is 4.39 Å². The fraction of sp³-hybridized carbons (Fsp3) is 0.500. The zero-order chi connectivity index (χ0) is 11.2. The van der Waals surface area contributed by atoms with Crippen molar-refractivity contribution in [1.82, 2.24) is 4.90 Å². The molecule has 0 saturated carbocycles. The van der Waals surface area contributed by atoms with E-state index in [0.29, 0.717) is 19.1 Å². The van der Waals surface area contributed by atoms with Gasteiger partial charge in [-0.2, -0.15) is 0 Å². The third kappa shape index (κ3) is 1.76. The molecule has 0 unspecified atom stereocenters. The van der Waals surface area contributed by atoms with Crippen LogP contribution in [0.15, 0.2) is 24.3 Å². The van der Waals surface area contributed by atoms with Crippen LogP contribution in [-0.4, -0.2) is 37.2 Å². The molecule has 1 aromatic carbocycles. The van der Waals surface area contributed by atoms with Gasteiger partial charge in [-0.15, -0.1) is 0 Å². The van der Waals surface area contributed by atoms with Gasteiger partial charge in [0.05, 0.1) is 19.3 Å². The second-order valence-corrected chi connectivity index (χ2v) is 5.81. The Hall–Kier alpha value is -0.200. The molecule has 4 heteroatoms. The van der Waals surface area contributed by atoms with Crippen molar-refractivity contribution in [3.05, 3.63) is 33.4 Å². The van der Waals surface area contributed by atoms with Crippen LogP contribution in [-0.2, 0) is 10.4 Å². The number of alkyl halides is 1. The van der Waals surface area contributed by atoms with Crippen LogP contribution in [0, 0.1) is 3.57 Å². The van der Waals surface area contributed by atoms with Crippen molar-refractivity contribution in [2.75, 3.05) is 26.3 Å². The lowest BCUT2D eigenvalue weighted by atomic mass is 9.86. The van der Waals surface area contributed by atoms with E-state index < -0.39 is 5.67 Å². The highest BCUT2D eigenvalue weighted by molar-refractivity contribution is 14.1. The molecule has 2 heterocycles. The summed E-state index contributed by atoms with van der Waals surface area (Å²) >= 11 is 2.24. The van der Waals surface area contributed by atoms with Gasteiger partial charge in [0.15, 0.2) is 5.67 Å². The second kappa shape index (κ2) is 3.92. The summed E-state index contributed by atoms with van der Waals surface area (Å²) in [6, 6.07) is 8.18. The maximum atomic E-state index is 14.5. The van der Waals surface area contributed by atoms with Gasteiger partial charge in [0, 0.05) is 16.7 Å². The molecule has 2 nitrogen and oxygen atoms in total. The van der Waals surface area contributed by atoms with Crippen LogP contribution < -0.4 is 0 Å². The number of hydrogen-bond donors (Lipinski definition) is 0. The third-order valence-electron chi connectivity index (χ3n) is 3.41. The average molecular weight is 333 g/mol. The molecule has 0 aromatic heterocycles. The Labute approximate surface area is 108 Å². The Morgan fingerprint density at radius 1 is 1.25 bits per heavy atom. The van der Waals surface area contributed by atoms with Crippen LogP contribution >= 0.6 is 22.6 Å². The number of hydrogen-bond acceptors (Lipinski definition) is 2. The van der Waals surface area contributed by atoms with Gasteiger partial charge < -0.3 is 4.74 Å². The van der Waals surface area contributed by atoms with Crippen molar-refractivity contribution in [3.63, 3.8) is 0 Å². The van der Waals surface area contributed by atoms with E-state index in [0.717, 1.165) is 22.3 Å². The smallest absolute Gasteiger partial charge is 0.161 e. The Kier molecular flexibility index (Phi) is 2.68. The summed E-state index contributed by atoms with van der Waals surface area (Å²) in [5.41, 5.74) is -0.329. The van der Waals surface area contributed by atoms with Crippen LogP contribution in [0.3, 0.4) is 0 Å².